The van der Waals surface area contributed by atoms with Crippen LogP contribution in [0, 0.1) is 5.82 Å². The van der Waals surface area contributed by atoms with Gasteiger partial charge in [0.2, 0.25) is 0 Å². The number of carbonyl (C=O) groups is 2. The van der Waals surface area contributed by atoms with Gasteiger partial charge in [0, 0.05) is 27.7 Å². The Bertz CT molecular complexity index is 758. The summed E-state index contributed by atoms with van der Waals surface area (Å²) in [4.78, 5) is 24.3. The molecule has 0 saturated carbocycles. The molecule has 2 aromatic carbocycles. The largest absolute Gasteiger partial charge is 0.352 e. The Hall–Kier alpha value is -2.01. The third-order valence-corrected chi connectivity index (χ3v) is 4.16. The van der Waals surface area contributed by atoms with Crippen molar-refractivity contribution in [1.82, 2.24) is 5.32 Å². The molecule has 3 nitrogen and oxygen atoms in total. The molecule has 0 saturated heterocycles. The van der Waals surface area contributed by atoms with Crippen molar-refractivity contribution in [3.63, 3.8) is 0 Å². The molecule has 1 N–H and O–H groups in total. The van der Waals surface area contributed by atoms with Gasteiger partial charge in [0.05, 0.1) is 0 Å². The van der Waals surface area contributed by atoms with Crippen LogP contribution < -0.4 is 5.32 Å². The SMILES string of the molecule is O=C(c1ccc2c(c1)C(=O)NCC2)c1cc(F)ccc1Br. The average Bonchev–Trinajstić information content (AvgIpc) is 2.49. The lowest BCUT2D eigenvalue weighted by atomic mass is 9.94. The number of rotatable bonds is 2. The molecular weight excluding hydrogens is 337 g/mol. The molecule has 0 atom stereocenters. The van der Waals surface area contributed by atoms with Crippen molar-refractivity contribution >= 4 is 27.6 Å². The summed E-state index contributed by atoms with van der Waals surface area (Å²) in [6.45, 7) is 0.606. The quantitative estimate of drug-likeness (QED) is 0.848. The van der Waals surface area contributed by atoms with Crippen molar-refractivity contribution in [3.8, 4) is 0 Å². The molecule has 106 valence electrons. The normalized spacial score (nSPS) is 13.5. The summed E-state index contributed by atoms with van der Waals surface area (Å²) in [5, 5.41) is 2.75. The van der Waals surface area contributed by atoms with E-state index in [9.17, 15) is 14.0 Å². The maximum atomic E-state index is 13.3. The van der Waals surface area contributed by atoms with Gasteiger partial charge in [-0.2, -0.15) is 0 Å². The van der Waals surface area contributed by atoms with Gasteiger partial charge >= 0.3 is 0 Å². The Kier molecular flexibility index (Phi) is 3.59. The Balaban J connectivity index is 2.04. The van der Waals surface area contributed by atoms with Gasteiger partial charge in [-0.25, -0.2) is 4.39 Å². The lowest BCUT2D eigenvalue weighted by molar-refractivity contribution is 0.0946. The predicted molar refractivity (Wildman–Crippen MR) is 80.0 cm³/mol. The van der Waals surface area contributed by atoms with Gasteiger partial charge in [-0.15, -0.1) is 0 Å². The standard InChI is InChI=1S/C16H11BrFNO2/c17-14-4-3-11(18)8-13(14)15(20)10-2-1-9-5-6-19-16(21)12(9)7-10/h1-4,7-8H,5-6H2,(H,19,21). The van der Waals surface area contributed by atoms with Gasteiger partial charge < -0.3 is 5.32 Å². The van der Waals surface area contributed by atoms with Crippen LogP contribution in [0.3, 0.4) is 0 Å². The lowest BCUT2D eigenvalue weighted by Crippen LogP contribution is -2.32. The number of carbonyl (C=O) groups excluding carboxylic acids is 2. The van der Waals surface area contributed by atoms with Crippen LogP contribution in [0.2, 0.25) is 0 Å². The van der Waals surface area contributed by atoms with Gasteiger partial charge in [-0.1, -0.05) is 28.1 Å². The van der Waals surface area contributed by atoms with E-state index in [0.717, 1.165) is 12.0 Å². The van der Waals surface area contributed by atoms with Gasteiger partial charge in [0.1, 0.15) is 5.82 Å². The number of hydrogen-bond acceptors (Lipinski definition) is 2. The maximum absolute atomic E-state index is 13.3. The fourth-order valence-electron chi connectivity index (χ4n) is 2.38. The van der Waals surface area contributed by atoms with E-state index in [1.807, 2.05) is 0 Å². The van der Waals surface area contributed by atoms with Crippen LogP contribution in [0.25, 0.3) is 0 Å². The van der Waals surface area contributed by atoms with Crippen LogP contribution in [0.4, 0.5) is 4.39 Å². The first kappa shape index (κ1) is 13.9. The fourth-order valence-corrected chi connectivity index (χ4v) is 2.81. The van der Waals surface area contributed by atoms with Crippen molar-refractivity contribution in [1.29, 1.82) is 0 Å². The third-order valence-electron chi connectivity index (χ3n) is 3.47. The van der Waals surface area contributed by atoms with Crippen LogP contribution in [0.15, 0.2) is 40.9 Å². The molecule has 0 aliphatic carbocycles. The Morgan fingerprint density at radius 2 is 2.00 bits per heavy atom. The molecule has 3 rings (SSSR count). The number of amides is 1. The predicted octanol–water partition coefficient (Wildman–Crippen LogP) is 3.11. The average molecular weight is 348 g/mol. The van der Waals surface area contributed by atoms with Gasteiger partial charge in [0.25, 0.3) is 5.91 Å². The molecule has 1 aliphatic rings. The Labute approximate surface area is 129 Å². The van der Waals surface area contributed by atoms with Crippen molar-refractivity contribution in [2.45, 2.75) is 6.42 Å². The molecule has 1 aliphatic heterocycles. The van der Waals surface area contributed by atoms with Crippen molar-refractivity contribution in [3.05, 3.63) is 68.9 Å². The van der Waals surface area contributed by atoms with E-state index >= 15 is 0 Å². The minimum absolute atomic E-state index is 0.177. The zero-order chi connectivity index (χ0) is 15.0. The number of benzene rings is 2. The van der Waals surface area contributed by atoms with Crippen LogP contribution in [-0.4, -0.2) is 18.2 Å². The number of hydrogen-bond donors (Lipinski definition) is 1. The zero-order valence-corrected chi connectivity index (χ0v) is 12.5. The van der Waals surface area contributed by atoms with Crippen LogP contribution in [0.1, 0.15) is 31.8 Å². The Morgan fingerprint density at radius 1 is 1.19 bits per heavy atom. The molecule has 0 aromatic heterocycles. The van der Waals surface area contributed by atoms with Gasteiger partial charge in [-0.05, 0) is 36.2 Å². The van der Waals surface area contributed by atoms with E-state index in [-0.39, 0.29) is 17.3 Å². The molecule has 0 fully saturated rings. The van der Waals surface area contributed by atoms with Crippen LogP contribution in [0.5, 0.6) is 0 Å². The number of halogens is 2. The molecule has 1 heterocycles. The molecule has 0 spiro atoms. The molecule has 0 unspecified atom stereocenters. The van der Waals surface area contributed by atoms with Crippen molar-refractivity contribution < 1.29 is 14.0 Å². The summed E-state index contributed by atoms with van der Waals surface area (Å²) in [5.41, 5.74) is 2.05. The summed E-state index contributed by atoms with van der Waals surface area (Å²) in [5.74, 6) is -0.969. The second-order valence-electron chi connectivity index (χ2n) is 4.83. The molecule has 2 aromatic rings. The molecule has 21 heavy (non-hydrogen) atoms. The molecule has 0 radical (unpaired) electrons. The van der Waals surface area contributed by atoms with E-state index < -0.39 is 5.82 Å². The minimum Gasteiger partial charge on any atom is -0.352 e. The second kappa shape index (κ2) is 5.41. The monoisotopic (exact) mass is 347 g/mol. The smallest absolute Gasteiger partial charge is 0.251 e. The fraction of sp³-hybridized carbons (Fsp3) is 0.125. The van der Waals surface area contributed by atoms with Crippen molar-refractivity contribution in [2.75, 3.05) is 6.54 Å². The van der Waals surface area contributed by atoms with Crippen LogP contribution in [-0.2, 0) is 6.42 Å². The molecular formula is C16H11BrFNO2. The van der Waals surface area contributed by atoms with E-state index in [4.69, 9.17) is 0 Å². The van der Waals surface area contributed by atoms with E-state index in [0.29, 0.717) is 22.1 Å². The maximum Gasteiger partial charge on any atom is 0.251 e. The van der Waals surface area contributed by atoms with Crippen molar-refractivity contribution in [2.24, 2.45) is 0 Å². The lowest BCUT2D eigenvalue weighted by Gasteiger charge is -2.17. The summed E-state index contributed by atoms with van der Waals surface area (Å²) < 4.78 is 13.8. The summed E-state index contributed by atoms with van der Waals surface area (Å²) in [6.07, 6.45) is 0.749. The summed E-state index contributed by atoms with van der Waals surface area (Å²) in [6, 6.07) is 9.00. The highest BCUT2D eigenvalue weighted by Crippen LogP contribution is 2.23. The first-order chi connectivity index (χ1) is 10.1. The summed E-state index contributed by atoms with van der Waals surface area (Å²) >= 11 is 3.25. The van der Waals surface area contributed by atoms with E-state index in [1.165, 1.54) is 18.2 Å². The van der Waals surface area contributed by atoms with E-state index in [2.05, 4.69) is 21.2 Å². The van der Waals surface area contributed by atoms with Gasteiger partial charge in [-0.3, -0.25) is 9.59 Å². The highest BCUT2D eigenvalue weighted by Gasteiger charge is 2.20. The molecule has 1 amide bonds. The first-order valence-corrected chi connectivity index (χ1v) is 7.26. The first-order valence-electron chi connectivity index (χ1n) is 6.47. The number of fused-ring (bicyclic) bond motifs is 1. The number of ketones is 1. The molecule has 5 heteroatoms. The zero-order valence-electron chi connectivity index (χ0n) is 11.0. The van der Waals surface area contributed by atoms with Gasteiger partial charge in [0.15, 0.2) is 5.78 Å². The minimum atomic E-state index is -0.475. The highest BCUT2D eigenvalue weighted by atomic mass is 79.9. The van der Waals surface area contributed by atoms with E-state index in [1.54, 1.807) is 18.2 Å². The summed E-state index contributed by atoms with van der Waals surface area (Å²) in [7, 11) is 0. The second-order valence-corrected chi connectivity index (χ2v) is 5.69. The van der Waals surface area contributed by atoms with Crippen LogP contribution >= 0.6 is 15.9 Å². The molecule has 0 bridgehead atoms. The number of nitrogens with one attached hydrogen (secondary N) is 1. The topological polar surface area (TPSA) is 46.2 Å². The Morgan fingerprint density at radius 3 is 2.81 bits per heavy atom. The highest BCUT2D eigenvalue weighted by molar-refractivity contribution is 9.10. The third kappa shape index (κ3) is 2.61.